The van der Waals surface area contributed by atoms with E-state index in [1.165, 1.54) is 12.1 Å². The van der Waals surface area contributed by atoms with Gasteiger partial charge in [-0.15, -0.1) is 0 Å². The average Bonchev–Trinajstić information content (AvgIpc) is 2.93. The molecule has 0 fully saturated rings. The molecule has 6 heteroatoms. The van der Waals surface area contributed by atoms with Crippen LogP contribution in [-0.4, -0.2) is 22.6 Å². The zero-order chi connectivity index (χ0) is 16.9. The number of nitrogens with zero attached hydrogens (tertiary/aromatic N) is 1. The summed E-state index contributed by atoms with van der Waals surface area (Å²) in [5.41, 5.74) is 1.13. The number of carbonyl (C=O) groups excluding carboxylic acids is 1. The topological polar surface area (TPSA) is 67.0 Å². The molecule has 0 aliphatic heterocycles. The lowest BCUT2D eigenvalue weighted by atomic mass is 9.92. The van der Waals surface area contributed by atoms with Crippen LogP contribution in [0.4, 0.5) is 4.39 Å². The summed E-state index contributed by atoms with van der Waals surface area (Å²) in [5, 5.41) is 9.56. The minimum absolute atomic E-state index is 0.169. The first kappa shape index (κ1) is 17.0. The van der Waals surface area contributed by atoms with Gasteiger partial charge in [0, 0.05) is 12.6 Å². The fourth-order valence-corrected chi connectivity index (χ4v) is 1.91. The third-order valence-corrected chi connectivity index (χ3v) is 3.21. The predicted octanol–water partition coefficient (Wildman–Crippen LogP) is 3.29. The summed E-state index contributed by atoms with van der Waals surface area (Å²) < 4.78 is 18.5. The van der Waals surface area contributed by atoms with E-state index in [9.17, 15) is 9.18 Å². The molecular weight excluding hydrogens is 297 g/mol. The summed E-state index contributed by atoms with van der Waals surface area (Å²) in [6, 6.07) is 7.52. The smallest absolute Gasteiger partial charge is 0.271 e. The van der Waals surface area contributed by atoms with E-state index in [1.807, 2.05) is 0 Å². The van der Waals surface area contributed by atoms with Gasteiger partial charge >= 0.3 is 0 Å². The van der Waals surface area contributed by atoms with Crippen molar-refractivity contribution in [2.45, 2.75) is 33.8 Å². The number of halogens is 1. The van der Waals surface area contributed by atoms with Gasteiger partial charge in [-0.2, -0.15) is 5.10 Å². The molecule has 124 valence electrons. The van der Waals surface area contributed by atoms with Crippen LogP contribution in [-0.2, 0) is 6.61 Å². The molecule has 0 aliphatic carbocycles. The van der Waals surface area contributed by atoms with E-state index in [0.717, 1.165) is 6.42 Å². The molecule has 1 aromatic carbocycles. The molecule has 0 atom stereocenters. The maximum absolute atomic E-state index is 13.1. The second-order valence-corrected chi connectivity index (χ2v) is 6.59. The van der Waals surface area contributed by atoms with Gasteiger partial charge in [0.25, 0.3) is 5.91 Å². The maximum atomic E-state index is 13.1. The molecule has 1 heterocycles. The Balaban J connectivity index is 1.84. The third-order valence-electron chi connectivity index (χ3n) is 3.21. The number of H-pyrrole nitrogens is 1. The van der Waals surface area contributed by atoms with Crippen LogP contribution in [0.5, 0.6) is 5.75 Å². The summed E-state index contributed by atoms with van der Waals surface area (Å²) in [6.07, 6.45) is 0.888. The predicted molar refractivity (Wildman–Crippen MR) is 85.7 cm³/mol. The lowest BCUT2D eigenvalue weighted by Crippen LogP contribution is -2.27. The van der Waals surface area contributed by atoms with Crippen molar-refractivity contribution in [3.8, 4) is 5.75 Å². The zero-order valence-electron chi connectivity index (χ0n) is 13.6. The molecule has 23 heavy (non-hydrogen) atoms. The Kier molecular flexibility index (Phi) is 5.36. The standard InChI is InChI=1S/C17H22FN3O2/c1-17(2,3)7-8-19-16(22)15-10-13(20-21-15)11-23-14-6-4-5-12(18)9-14/h4-6,9-10H,7-8,11H2,1-3H3,(H,19,22)(H,20,21). The van der Waals surface area contributed by atoms with Gasteiger partial charge in [0.05, 0.1) is 5.69 Å². The van der Waals surface area contributed by atoms with E-state index in [0.29, 0.717) is 23.7 Å². The molecule has 0 aliphatic rings. The highest BCUT2D eigenvalue weighted by Gasteiger charge is 2.13. The van der Waals surface area contributed by atoms with Crippen molar-refractivity contribution in [2.75, 3.05) is 6.54 Å². The number of amides is 1. The molecule has 0 saturated heterocycles. The molecule has 0 radical (unpaired) electrons. The molecule has 2 N–H and O–H groups in total. The van der Waals surface area contributed by atoms with Crippen LogP contribution >= 0.6 is 0 Å². The van der Waals surface area contributed by atoms with Crippen molar-refractivity contribution in [3.05, 3.63) is 47.5 Å². The van der Waals surface area contributed by atoms with Crippen LogP contribution in [0.15, 0.2) is 30.3 Å². The summed E-state index contributed by atoms with van der Waals surface area (Å²) >= 11 is 0. The number of carbonyl (C=O) groups is 1. The van der Waals surface area contributed by atoms with Gasteiger partial charge in [0.1, 0.15) is 23.9 Å². The summed E-state index contributed by atoms with van der Waals surface area (Å²) in [6.45, 7) is 7.15. The van der Waals surface area contributed by atoms with Gasteiger partial charge in [-0.3, -0.25) is 9.89 Å². The first-order valence-electron chi connectivity index (χ1n) is 7.54. The Morgan fingerprint density at radius 1 is 1.35 bits per heavy atom. The minimum Gasteiger partial charge on any atom is -0.487 e. The van der Waals surface area contributed by atoms with Crippen LogP contribution in [0.2, 0.25) is 0 Å². The van der Waals surface area contributed by atoms with E-state index in [4.69, 9.17) is 4.74 Å². The van der Waals surface area contributed by atoms with Gasteiger partial charge < -0.3 is 10.1 Å². The molecule has 0 bridgehead atoms. The Labute approximate surface area is 135 Å². The van der Waals surface area contributed by atoms with Gasteiger partial charge in [0.15, 0.2) is 0 Å². The number of aromatic nitrogens is 2. The quantitative estimate of drug-likeness (QED) is 0.858. The van der Waals surface area contributed by atoms with Crippen LogP contribution in [0.3, 0.4) is 0 Å². The first-order chi connectivity index (χ1) is 10.8. The van der Waals surface area contributed by atoms with Gasteiger partial charge in [0.2, 0.25) is 0 Å². The van der Waals surface area contributed by atoms with Gasteiger partial charge in [-0.05, 0) is 30.0 Å². The number of benzene rings is 1. The lowest BCUT2D eigenvalue weighted by molar-refractivity contribution is 0.0944. The van der Waals surface area contributed by atoms with Crippen molar-refractivity contribution in [1.82, 2.24) is 15.5 Å². The Bertz CT molecular complexity index is 662. The van der Waals surface area contributed by atoms with Crippen molar-refractivity contribution in [1.29, 1.82) is 0 Å². The highest BCUT2D eigenvalue weighted by molar-refractivity contribution is 5.92. The Hall–Kier alpha value is -2.37. The molecule has 2 rings (SSSR count). The molecular formula is C17H22FN3O2. The van der Waals surface area contributed by atoms with Crippen LogP contribution in [0, 0.1) is 11.2 Å². The van der Waals surface area contributed by atoms with Gasteiger partial charge in [-0.25, -0.2) is 4.39 Å². The van der Waals surface area contributed by atoms with Crippen molar-refractivity contribution >= 4 is 5.91 Å². The largest absolute Gasteiger partial charge is 0.487 e. The normalized spacial score (nSPS) is 11.3. The van der Waals surface area contributed by atoms with E-state index >= 15 is 0 Å². The molecule has 1 amide bonds. The van der Waals surface area contributed by atoms with Gasteiger partial charge in [-0.1, -0.05) is 26.8 Å². The molecule has 1 aromatic heterocycles. The second-order valence-electron chi connectivity index (χ2n) is 6.59. The number of hydrogen-bond donors (Lipinski definition) is 2. The fraction of sp³-hybridized carbons (Fsp3) is 0.412. The zero-order valence-corrected chi connectivity index (χ0v) is 13.6. The minimum atomic E-state index is -0.356. The van der Waals surface area contributed by atoms with Crippen molar-refractivity contribution in [2.24, 2.45) is 5.41 Å². The highest BCUT2D eigenvalue weighted by atomic mass is 19.1. The van der Waals surface area contributed by atoms with E-state index in [1.54, 1.807) is 18.2 Å². The molecule has 0 saturated carbocycles. The van der Waals surface area contributed by atoms with Crippen LogP contribution in [0.25, 0.3) is 0 Å². The number of aromatic amines is 1. The average molecular weight is 319 g/mol. The highest BCUT2D eigenvalue weighted by Crippen LogP contribution is 2.17. The number of nitrogens with one attached hydrogen (secondary N) is 2. The summed E-state index contributed by atoms with van der Waals surface area (Å²) in [7, 11) is 0. The van der Waals surface area contributed by atoms with E-state index in [2.05, 4.69) is 36.3 Å². The van der Waals surface area contributed by atoms with E-state index in [-0.39, 0.29) is 23.7 Å². The lowest BCUT2D eigenvalue weighted by Gasteiger charge is -2.17. The SMILES string of the molecule is CC(C)(C)CCNC(=O)c1cc(COc2cccc(F)c2)[nH]n1. The first-order valence-corrected chi connectivity index (χ1v) is 7.54. The number of hydrogen-bond acceptors (Lipinski definition) is 3. The number of rotatable bonds is 6. The van der Waals surface area contributed by atoms with Crippen LogP contribution in [0.1, 0.15) is 43.4 Å². The van der Waals surface area contributed by atoms with Crippen molar-refractivity contribution < 1.29 is 13.9 Å². The van der Waals surface area contributed by atoms with Crippen LogP contribution < -0.4 is 10.1 Å². The number of ether oxygens (including phenoxy) is 1. The molecule has 0 unspecified atom stereocenters. The Morgan fingerprint density at radius 2 is 2.13 bits per heavy atom. The third kappa shape index (κ3) is 5.73. The maximum Gasteiger partial charge on any atom is 0.271 e. The van der Waals surface area contributed by atoms with E-state index < -0.39 is 0 Å². The monoisotopic (exact) mass is 319 g/mol. The Morgan fingerprint density at radius 3 is 2.83 bits per heavy atom. The summed E-state index contributed by atoms with van der Waals surface area (Å²) in [4.78, 5) is 12.0. The second kappa shape index (κ2) is 7.26. The molecule has 2 aromatic rings. The molecule has 5 nitrogen and oxygen atoms in total. The fourth-order valence-electron chi connectivity index (χ4n) is 1.91. The summed E-state index contributed by atoms with van der Waals surface area (Å²) in [5.74, 6) is -0.149. The molecule has 0 spiro atoms. The van der Waals surface area contributed by atoms with Crippen molar-refractivity contribution in [3.63, 3.8) is 0 Å².